The van der Waals surface area contributed by atoms with E-state index in [9.17, 15) is 0 Å². The van der Waals surface area contributed by atoms with Crippen LogP contribution in [-0.4, -0.2) is 12.4 Å². The van der Waals surface area contributed by atoms with Gasteiger partial charge in [-0.15, -0.1) is 53.1 Å². The zero-order chi connectivity index (χ0) is 20.9. The normalized spacial score (nSPS) is 10.0. The van der Waals surface area contributed by atoms with E-state index in [-0.39, 0.29) is 21.1 Å². The van der Waals surface area contributed by atoms with Crippen LogP contribution in [0.5, 0.6) is 0 Å². The van der Waals surface area contributed by atoms with Crippen molar-refractivity contribution in [1.82, 2.24) is 0 Å². The Morgan fingerprint density at radius 2 is 1.00 bits per heavy atom. The molecule has 0 fully saturated rings. The van der Waals surface area contributed by atoms with Crippen LogP contribution in [0.2, 0.25) is 0 Å². The molecule has 0 aliphatic rings. The van der Waals surface area contributed by atoms with Crippen LogP contribution < -0.4 is 0 Å². The summed E-state index contributed by atoms with van der Waals surface area (Å²) in [6.45, 7) is 0. The minimum absolute atomic E-state index is 0. The monoisotopic (exact) mass is 579 g/mol. The SMILES string of the molecule is [C-]#Cc1ccccc1.[Pt+2].[c-]1c(C=Nc2ccccc2)cccc1C=Nc1ccccc1. The smallest absolute Gasteiger partial charge is 0.366 e. The van der Waals surface area contributed by atoms with Gasteiger partial charge in [0.05, 0.1) is 11.4 Å². The second-order valence-electron chi connectivity index (χ2n) is 6.24. The average molecular weight is 580 g/mol. The summed E-state index contributed by atoms with van der Waals surface area (Å²) in [7, 11) is 0. The third kappa shape index (κ3) is 8.79. The Morgan fingerprint density at radius 3 is 1.39 bits per heavy atom. The Bertz CT molecular complexity index is 1070. The van der Waals surface area contributed by atoms with Gasteiger partial charge in [-0.3, -0.25) is 15.9 Å². The summed E-state index contributed by atoms with van der Waals surface area (Å²) in [6, 6.07) is 38.3. The minimum atomic E-state index is 0. The van der Waals surface area contributed by atoms with Crippen molar-refractivity contribution >= 4 is 23.8 Å². The number of aliphatic imine (C=N–C) groups is 2. The zero-order valence-electron chi connectivity index (χ0n) is 16.8. The maximum absolute atomic E-state index is 6.69. The van der Waals surface area contributed by atoms with Crippen molar-refractivity contribution in [2.75, 3.05) is 0 Å². The van der Waals surface area contributed by atoms with Crippen LogP contribution >= 0.6 is 0 Å². The molecular formula is C28H20N2Pt. The van der Waals surface area contributed by atoms with Gasteiger partial charge >= 0.3 is 21.1 Å². The average Bonchev–Trinajstić information content (AvgIpc) is 2.84. The molecule has 0 heterocycles. The van der Waals surface area contributed by atoms with Gasteiger partial charge in [-0.25, -0.2) is 0 Å². The minimum Gasteiger partial charge on any atom is -0.366 e. The van der Waals surface area contributed by atoms with E-state index in [0.29, 0.717) is 0 Å². The topological polar surface area (TPSA) is 24.7 Å². The molecule has 0 spiro atoms. The Balaban J connectivity index is 0.000000322. The van der Waals surface area contributed by atoms with Gasteiger partial charge in [-0.05, 0) is 36.7 Å². The summed E-state index contributed by atoms with van der Waals surface area (Å²) in [5.74, 6) is 2.28. The van der Waals surface area contributed by atoms with Crippen molar-refractivity contribution in [3.8, 4) is 5.92 Å². The fourth-order valence-electron chi connectivity index (χ4n) is 2.49. The fourth-order valence-corrected chi connectivity index (χ4v) is 2.49. The summed E-state index contributed by atoms with van der Waals surface area (Å²) >= 11 is 0. The summed E-state index contributed by atoms with van der Waals surface area (Å²) in [5, 5.41) is 0. The second kappa shape index (κ2) is 13.6. The van der Waals surface area contributed by atoms with E-state index in [0.717, 1.165) is 28.1 Å². The zero-order valence-corrected chi connectivity index (χ0v) is 19.0. The summed E-state index contributed by atoms with van der Waals surface area (Å²) in [5.41, 5.74) is 4.55. The predicted octanol–water partition coefficient (Wildman–Crippen LogP) is 6.61. The first kappa shape index (κ1) is 23.7. The predicted molar refractivity (Wildman–Crippen MR) is 125 cm³/mol. The molecule has 152 valence electrons. The molecule has 31 heavy (non-hydrogen) atoms. The number of rotatable bonds is 4. The molecule has 0 aliphatic carbocycles. The number of hydrogen-bond donors (Lipinski definition) is 0. The van der Waals surface area contributed by atoms with E-state index in [1.54, 1.807) is 0 Å². The van der Waals surface area contributed by atoms with Gasteiger partial charge in [0, 0.05) is 0 Å². The van der Waals surface area contributed by atoms with Crippen molar-refractivity contribution in [1.29, 1.82) is 0 Å². The van der Waals surface area contributed by atoms with Crippen LogP contribution in [0.1, 0.15) is 16.7 Å². The molecular weight excluding hydrogens is 559 g/mol. The van der Waals surface area contributed by atoms with Crippen molar-refractivity contribution in [3.05, 3.63) is 138 Å². The van der Waals surface area contributed by atoms with Crippen LogP contribution in [0.15, 0.2) is 119 Å². The Kier molecular flexibility index (Phi) is 10.5. The first-order valence-corrected chi connectivity index (χ1v) is 9.52. The van der Waals surface area contributed by atoms with Gasteiger partial charge < -0.3 is 6.42 Å². The van der Waals surface area contributed by atoms with Crippen LogP contribution in [0, 0.1) is 18.4 Å². The van der Waals surface area contributed by atoms with Gasteiger partial charge in [-0.2, -0.15) is 0 Å². The molecule has 0 saturated carbocycles. The van der Waals surface area contributed by atoms with Crippen molar-refractivity contribution in [2.24, 2.45) is 9.98 Å². The molecule has 4 rings (SSSR count). The van der Waals surface area contributed by atoms with Gasteiger partial charge in [0.15, 0.2) is 0 Å². The second-order valence-corrected chi connectivity index (χ2v) is 6.24. The first-order chi connectivity index (χ1) is 14.8. The van der Waals surface area contributed by atoms with Gasteiger partial charge in [-0.1, -0.05) is 54.6 Å². The van der Waals surface area contributed by atoms with Crippen LogP contribution in [0.25, 0.3) is 0 Å². The Labute approximate surface area is 198 Å². The molecule has 0 unspecified atom stereocenters. The van der Waals surface area contributed by atoms with E-state index in [4.69, 9.17) is 6.42 Å². The molecule has 0 saturated heterocycles. The molecule has 4 aromatic rings. The summed E-state index contributed by atoms with van der Waals surface area (Å²) in [6.07, 6.45) is 10.3. The van der Waals surface area contributed by atoms with Crippen molar-refractivity contribution < 1.29 is 21.1 Å². The third-order valence-electron chi connectivity index (χ3n) is 3.98. The Morgan fingerprint density at radius 1 is 0.581 bits per heavy atom. The molecule has 0 bridgehead atoms. The molecule has 0 radical (unpaired) electrons. The summed E-state index contributed by atoms with van der Waals surface area (Å²) in [4.78, 5) is 8.87. The third-order valence-corrected chi connectivity index (χ3v) is 3.98. The van der Waals surface area contributed by atoms with E-state index in [1.807, 2.05) is 122 Å². The standard InChI is InChI=1S/C20H15N2.C8H5.Pt/c1-3-10-19(11-4-1)21-15-17-8-7-9-18(14-17)16-22-20-12-5-2-6-13-20;1-2-8-6-4-3-5-7-8;/h1-13,15-16H;3-7H;/q2*-1;+2. The van der Waals surface area contributed by atoms with Crippen molar-refractivity contribution in [3.63, 3.8) is 0 Å². The van der Waals surface area contributed by atoms with E-state index < -0.39 is 0 Å². The maximum atomic E-state index is 6.69. The molecule has 0 atom stereocenters. The Hall–Kier alpha value is -3.53. The first-order valence-electron chi connectivity index (χ1n) is 9.52. The summed E-state index contributed by atoms with van der Waals surface area (Å²) < 4.78 is 0. The largest absolute Gasteiger partial charge is 2.00 e. The number of para-hydroxylation sites is 2. The molecule has 4 aromatic carbocycles. The van der Waals surface area contributed by atoms with E-state index >= 15 is 0 Å². The van der Waals surface area contributed by atoms with Crippen molar-refractivity contribution in [2.45, 2.75) is 0 Å². The molecule has 2 nitrogen and oxygen atoms in total. The molecule has 0 aliphatic heterocycles. The van der Waals surface area contributed by atoms with E-state index in [2.05, 4.69) is 22.0 Å². The van der Waals surface area contributed by atoms with E-state index in [1.165, 1.54) is 0 Å². The van der Waals surface area contributed by atoms with Crippen LogP contribution in [0.4, 0.5) is 11.4 Å². The number of nitrogens with zero attached hydrogens (tertiary/aromatic N) is 2. The number of benzene rings is 4. The van der Waals surface area contributed by atoms with Gasteiger partial charge in [0.25, 0.3) is 0 Å². The molecule has 3 heteroatoms. The molecule has 0 N–H and O–H groups in total. The quantitative estimate of drug-likeness (QED) is 0.148. The number of hydrogen-bond acceptors (Lipinski definition) is 2. The van der Waals surface area contributed by atoms with Crippen LogP contribution in [-0.2, 0) is 21.1 Å². The molecule has 0 amide bonds. The van der Waals surface area contributed by atoms with Crippen LogP contribution in [0.3, 0.4) is 0 Å². The fraction of sp³-hybridized carbons (Fsp3) is 0. The van der Waals surface area contributed by atoms with Gasteiger partial charge in [0.1, 0.15) is 0 Å². The van der Waals surface area contributed by atoms with Gasteiger partial charge in [0.2, 0.25) is 0 Å². The maximum Gasteiger partial charge on any atom is 2.00 e. The molecule has 0 aromatic heterocycles.